The first-order chi connectivity index (χ1) is 21.0. The Morgan fingerprint density at radius 2 is 0.977 bits per heavy atom. The van der Waals surface area contributed by atoms with Crippen molar-refractivity contribution >= 4 is 35.1 Å². The number of hydrogen-bond acceptors (Lipinski definition) is 4. The van der Waals surface area contributed by atoms with Gasteiger partial charge in [0.2, 0.25) is 11.8 Å². The lowest BCUT2D eigenvalue weighted by Gasteiger charge is -2.09. The van der Waals surface area contributed by atoms with Gasteiger partial charge in [0.25, 0.3) is 0 Å². The van der Waals surface area contributed by atoms with Gasteiger partial charge in [-0.2, -0.15) is 0 Å². The lowest BCUT2D eigenvalue weighted by Crippen LogP contribution is -2.21. The molecule has 2 amide bonds. The second kappa shape index (κ2) is 9.57. The minimum atomic E-state index is -1.02. The van der Waals surface area contributed by atoms with E-state index in [4.69, 9.17) is 10.2 Å². The van der Waals surface area contributed by atoms with Crippen molar-refractivity contribution in [2.24, 2.45) is 0 Å². The monoisotopic (exact) mass is 594 g/mol. The molecule has 4 aromatic carbocycles. The molecule has 2 fully saturated rings. The number of carboxylic acid groups (broad SMARTS) is 2. The topological polar surface area (TPSA) is 133 Å². The zero-order chi connectivity index (χ0) is 31.0. The third kappa shape index (κ3) is 4.09. The van der Waals surface area contributed by atoms with Gasteiger partial charge in [-0.3, -0.25) is 9.59 Å². The van der Waals surface area contributed by atoms with E-state index in [9.17, 15) is 28.0 Å². The van der Waals surface area contributed by atoms with Gasteiger partial charge >= 0.3 is 11.9 Å². The number of fused-ring (bicyclic) bond motifs is 4. The van der Waals surface area contributed by atoms with Crippen LogP contribution in [0.4, 0.5) is 20.2 Å². The van der Waals surface area contributed by atoms with E-state index < -0.39 is 22.8 Å². The number of halogens is 2. The van der Waals surface area contributed by atoms with Gasteiger partial charge in [-0.05, 0) is 95.8 Å². The molecule has 8 nitrogen and oxygen atoms in total. The van der Waals surface area contributed by atoms with Gasteiger partial charge in [-0.25, -0.2) is 18.4 Å². The summed E-state index contributed by atoms with van der Waals surface area (Å²) < 4.78 is 26.1. The molecule has 10 heteroatoms. The summed E-state index contributed by atoms with van der Waals surface area (Å²) in [6.07, 6.45) is 1.22. The zero-order valence-corrected chi connectivity index (χ0v) is 22.9. The fourth-order valence-electron chi connectivity index (χ4n) is 6.84. The Bertz CT molecular complexity index is 1770. The number of anilines is 2. The molecule has 0 aromatic heterocycles. The molecule has 2 aliphatic carbocycles. The largest absolute Gasteiger partial charge is 0.478 e. The lowest BCUT2D eigenvalue weighted by atomic mass is 9.91. The van der Waals surface area contributed by atoms with Crippen LogP contribution in [0.3, 0.4) is 0 Å². The molecule has 4 atom stereocenters. The molecule has 2 spiro atoms. The summed E-state index contributed by atoms with van der Waals surface area (Å²) in [5, 5.41) is 23.9. The number of rotatable bonds is 4. The Morgan fingerprint density at radius 1 is 0.614 bits per heavy atom. The second-order valence-corrected chi connectivity index (χ2v) is 11.6. The number of carboxylic acids is 2. The van der Waals surface area contributed by atoms with Crippen LogP contribution in [0.1, 0.15) is 67.6 Å². The van der Waals surface area contributed by atoms with Crippen LogP contribution in [0, 0.1) is 11.6 Å². The smallest absolute Gasteiger partial charge is 0.335 e. The van der Waals surface area contributed by atoms with E-state index in [1.807, 2.05) is 0 Å². The van der Waals surface area contributed by atoms with Crippen LogP contribution in [-0.4, -0.2) is 34.0 Å². The van der Waals surface area contributed by atoms with Crippen molar-refractivity contribution in [1.82, 2.24) is 0 Å². The first-order valence-corrected chi connectivity index (χ1v) is 13.9. The average Bonchev–Trinajstić information content (AvgIpc) is 3.89. The van der Waals surface area contributed by atoms with Crippen molar-refractivity contribution in [2.45, 2.75) is 35.5 Å². The Labute approximate surface area is 249 Å². The zero-order valence-electron chi connectivity index (χ0n) is 22.9. The van der Waals surface area contributed by atoms with Crippen molar-refractivity contribution in [1.29, 1.82) is 0 Å². The number of aromatic carboxylic acids is 2. The highest BCUT2D eigenvalue weighted by atomic mass is 19.1. The lowest BCUT2D eigenvalue weighted by molar-refractivity contribution is -0.118. The Hall–Kier alpha value is -5.38. The highest BCUT2D eigenvalue weighted by molar-refractivity contribution is 6.11. The number of amides is 2. The van der Waals surface area contributed by atoms with Crippen LogP contribution in [0.5, 0.6) is 0 Å². The molecule has 4 aliphatic rings. The minimum Gasteiger partial charge on any atom is -0.478 e. The number of carbonyl (C=O) groups is 4. The first-order valence-electron chi connectivity index (χ1n) is 13.9. The number of nitrogens with one attached hydrogen (secondary N) is 2. The summed E-state index contributed by atoms with van der Waals surface area (Å²) in [5.74, 6) is -2.98. The second-order valence-electron chi connectivity index (χ2n) is 11.6. The summed E-state index contributed by atoms with van der Waals surface area (Å²) in [6.45, 7) is 0. The molecule has 2 heterocycles. The molecule has 0 saturated heterocycles. The molecule has 0 unspecified atom stereocenters. The van der Waals surface area contributed by atoms with Crippen LogP contribution in [0.25, 0.3) is 0 Å². The normalized spacial score (nSPS) is 25.0. The van der Waals surface area contributed by atoms with E-state index in [-0.39, 0.29) is 46.4 Å². The van der Waals surface area contributed by atoms with Crippen LogP contribution in [0.15, 0.2) is 84.9 Å². The van der Waals surface area contributed by atoms with Crippen molar-refractivity contribution in [3.8, 4) is 0 Å². The van der Waals surface area contributed by atoms with Gasteiger partial charge in [0.15, 0.2) is 0 Å². The van der Waals surface area contributed by atoms with Crippen LogP contribution in [0.2, 0.25) is 0 Å². The highest BCUT2D eigenvalue weighted by Crippen LogP contribution is 2.66. The number of hydrogen-bond donors (Lipinski definition) is 4. The molecule has 4 aromatic rings. The fourth-order valence-corrected chi connectivity index (χ4v) is 6.84. The van der Waals surface area contributed by atoms with Gasteiger partial charge < -0.3 is 20.8 Å². The third-order valence-electron chi connectivity index (χ3n) is 9.27. The predicted molar refractivity (Wildman–Crippen MR) is 155 cm³/mol. The molecule has 44 heavy (non-hydrogen) atoms. The van der Waals surface area contributed by atoms with E-state index in [0.29, 0.717) is 24.2 Å². The molecule has 8 rings (SSSR count). The Balaban J connectivity index is 0.000000142. The van der Waals surface area contributed by atoms with Crippen molar-refractivity contribution in [3.05, 3.63) is 130 Å². The molecule has 0 bridgehead atoms. The number of carbonyl (C=O) groups excluding carboxylic acids is 2. The standard InChI is InChI=1S/2C17H12FNO3/c2*18-11-4-1-9(2-5-11)13-8-17(13)12-7-10(15(20)21)3-6-14(12)19-16(17)22/h2*1-7,13H,8H2,(H,19,22)(H,20,21)/t2*13-,17-/m10/s1. The van der Waals surface area contributed by atoms with Crippen molar-refractivity contribution < 1.29 is 38.2 Å². The fraction of sp³-hybridized carbons (Fsp3) is 0.176. The molecule has 220 valence electrons. The van der Waals surface area contributed by atoms with Crippen molar-refractivity contribution in [2.75, 3.05) is 10.6 Å². The minimum absolute atomic E-state index is 0.0432. The summed E-state index contributed by atoms with van der Waals surface area (Å²) in [7, 11) is 0. The molecular formula is C34H24F2N2O6. The maximum Gasteiger partial charge on any atom is 0.335 e. The van der Waals surface area contributed by atoms with E-state index in [0.717, 1.165) is 22.3 Å². The van der Waals surface area contributed by atoms with E-state index in [2.05, 4.69) is 10.6 Å². The highest BCUT2D eigenvalue weighted by Gasteiger charge is 2.66. The predicted octanol–water partition coefficient (Wildman–Crippen LogP) is 5.80. The molecule has 2 aliphatic heterocycles. The van der Waals surface area contributed by atoms with Gasteiger partial charge in [0, 0.05) is 23.2 Å². The summed E-state index contributed by atoms with van der Waals surface area (Å²) >= 11 is 0. The van der Waals surface area contributed by atoms with Crippen molar-refractivity contribution in [3.63, 3.8) is 0 Å². The summed E-state index contributed by atoms with van der Waals surface area (Å²) in [4.78, 5) is 47.1. The van der Waals surface area contributed by atoms with E-state index in [1.165, 1.54) is 36.4 Å². The average molecular weight is 595 g/mol. The molecule has 4 N–H and O–H groups in total. The first kappa shape index (κ1) is 27.5. The Morgan fingerprint density at radius 3 is 1.32 bits per heavy atom. The molecule has 2 saturated carbocycles. The van der Waals surface area contributed by atoms with Gasteiger partial charge in [-0.15, -0.1) is 0 Å². The van der Waals surface area contributed by atoms with Gasteiger partial charge in [-0.1, -0.05) is 24.3 Å². The summed E-state index contributed by atoms with van der Waals surface area (Å²) in [6, 6.07) is 21.6. The van der Waals surface area contributed by atoms with E-state index in [1.54, 1.807) is 48.5 Å². The molecular weight excluding hydrogens is 570 g/mol. The number of benzene rings is 4. The third-order valence-corrected chi connectivity index (χ3v) is 9.27. The quantitative estimate of drug-likeness (QED) is 0.236. The Kier molecular flexibility index (Phi) is 5.97. The van der Waals surface area contributed by atoms with Gasteiger partial charge in [0.05, 0.1) is 22.0 Å². The maximum absolute atomic E-state index is 13.1. The van der Waals surface area contributed by atoms with Crippen LogP contribution >= 0.6 is 0 Å². The molecule has 0 radical (unpaired) electrons. The van der Waals surface area contributed by atoms with E-state index >= 15 is 0 Å². The SMILES string of the molecule is O=C(O)c1ccc2c(c1)[C@@]1(C[C@@H]1c1ccc(F)cc1)C(=O)N2.O=C(O)c1ccc2c(c1)[C@]1(C[C@H]1c1ccc(F)cc1)C(=O)N2. The van der Waals surface area contributed by atoms with Crippen LogP contribution < -0.4 is 10.6 Å². The van der Waals surface area contributed by atoms with Crippen LogP contribution in [-0.2, 0) is 20.4 Å². The summed E-state index contributed by atoms with van der Waals surface area (Å²) in [5.41, 5.74) is 3.49. The maximum atomic E-state index is 13.1. The van der Waals surface area contributed by atoms with Gasteiger partial charge in [0.1, 0.15) is 11.6 Å².